The maximum absolute atomic E-state index is 11.8. The molecule has 0 spiro atoms. The van der Waals surface area contributed by atoms with Crippen molar-refractivity contribution in [3.63, 3.8) is 0 Å². The predicted octanol–water partition coefficient (Wildman–Crippen LogP) is 2.08. The molecule has 0 atom stereocenters. The number of nitrogens with zero attached hydrogens (tertiary/aromatic N) is 1. The molecule has 3 rings (SSSR count). The molecule has 20 heavy (non-hydrogen) atoms. The normalized spacial score (nSPS) is 19.3. The number of hydrogen-bond acceptors (Lipinski definition) is 4. The summed E-state index contributed by atoms with van der Waals surface area (Å²) in [5.74, 6) is 0.711. The van der Waals surface area contributed by atoms with Gasteiger partial charge in [-0.3, -0.25) is 0 Å². The fourth-order valence-electron chi connectivity index (χ4n) is 2.96. The minimum absolute atomic E-state index is 0.261. The first-order chi connectivity index (χ1) is 9.40. The zero-order valence-electron chi connectivity index (χ0n) is 11.5. The molecule has 0 unspecified atom stereocenters. The number of sulfone groups is 1. The lowest BCUT2D eigenvalue weighted by Gasteiger charge is -2.31. The van der Waals surface area contributed by atoms with Crippen LogP contribution in [-0.2, 0) is 15.4 Å². The lowest BCUT2D eigenvalue weighted by atomic mass is 9.82. The second kappa shape index (κ2) is 4.56. The van der Waals surface area contributed by atoms with Crippen LogP contribution in [0.15, 0.2) is 23.1 Å². The van der Waals surface area contributed by atoms with Crippen molar-refractivity contribution < 1.29 is 8.42 Å². The first-order valence-corrected chi connectivity index (χ1v) is 8.77. The van der Waals surface area contributed by atoms with E-state index in [1.807, 2.05) is 6.07 Å². The van der Waals surface area contributed by atoms with Crippen LogP contribution in [0.3, 0.4) is 0 Å². The summed E-state index contributed by atoms with van der Waals surface area (Å²) in [5.41, 5.74) is 7.24. The number of fused-ring (bicyclic) bond motifs is 1. The Bertz CT molecular complexity index is 743. The van der Waals surface area contributed by atoms with Gasteiger partial charge in [0.25, 0.3) is 0 Å². The number of nitrogens with one attached hydrogen (secondary N) is 1. The molecular weight excluding hydrogens is 274 g/mol. The number of aromatic nitrogens is 2. The van der Waals surface area contributed by atoms with Gasteiger partial charge in [0.15, 0.2) is 9.84 Å². The van der Waals surface area contributed by atoms with E-state index in [2.05, 4.69) is 9.97 Å². The summed E-state index contributed by atoms with van der Waals surface area (Å²) in [7, 11) is -3.29. The lowest BCUT2D eigenvalue weighted by molar-refractivity contribution is 0.289. The van der Waals surface area contributed by atoms with Crippen LogP contribution in [0, 0.1) is 0 Å². The molecular formula is C14H19N3O2S. The van der Waals surface area contributed by atoms with E-state index in [9.17, 15) is 8.42 Å². The number of benzene rings is 1. The van der Waals surface area contributed by atoms with Crippen molar-refractivity contribution in [2.45, 2.75) is 42.5 Å². The molecule has 1 aliphatic rings. The van der Waals surface area contributed by atoms with Gasteiger partial charge < -0.3 is 10.7 Å². The van der Waals surface area contributed by atoms with Crippen LogP contribution in [0.2, 0.25) is 0 Å². The molecule has 2 aromatic rings. The third kappa shape index (κ3) is 2.23. The smallest absolute Gasteiger partial charge is 0.177 e. The van der Waals surface area contributed by atoms with Crippen molar-refractivity contribution in [2.24, 2.45) is 5.73 Å². The van der Waals surface area contributed by atoms with E-state index >= 15 is 0 Å². The maximum Gasteiger partial charge on any atom is 0.177 e. The van der Waals surface area contributed by atoms with Gasteiger partial charge in [0.2, 0.25) is 0 Å². The Morgan fingerprint density at radius 3 is 2.60 bits per heavy atom. The summed E-state index contributed by atoms with van der Waals surface area (Å²) in [6, 6.07) is 5.16. The molecule has 0 bridgehead atoms. The average molecular weight is 293 g/mol. The fourth-order valence-corrected chi connectivity index (χ4v) is 3.79. The minimum Gasteiger partial charge on any atom is -0.340 e. The van der Waals surface area contributed by atoms with Crippen molar-refractivity contribution >= 4 is 20.9 Å². The van der Waals surface area contributed by atoms with Crippen LogP contribution < -0.4 is 5.73 Å². The number of hydrogen-bond donors (Lipinski definition) is 2. The second-order valence-corrected chi connectivity index (χ2v) is 7.71. The molecule has 108 valence electrons. The van der Waals surface area contributed by atoms with Crippen LogP contribution >= 0.6 is 0 Å². The fraction of sp³-hybridized carbons (Fsp3) is 0.500. The van der Waals surface area contributed by atoms with Crippen molar-refractivity contribution in [1.82, 2.24) is 9.97 Å². The van der Waals surface area contributed by atoms with Gasteiger partial charge in [-0.1, -0.05) is 25.3 Å². The molecule has 3 N–H and O–H groups in total. The van der Waals surface area contributed by atoms with Crippen LogP contribution in [0.5, 0.6) is 0 Å². The highest BCUT2D eigenvalue weighted by Crippen LogP contribution is 2.34. The average Bonchev–Trinajstić information content (AvgIpc) is 2.82. The first kappa shape index (κ1) is 13.6. The Kier molecular flexibility index (Phi) is 3.10. The van der Waals surface area contributed by atoms with Crippen LogP contribution in [0.4, 0.5) is 0 Å². The highest BCUT2D eigenvalue weighted by Gasteiger charge is 2.33. The number of nitrogens with two attached hydrogens (primary N) is 1. The molecule has 1 heterocycles. The molecule has 1 aromatic carbocycles. The standard InChI is InChI=1S/C14H19N3O2S/c1-20(18,19)11-7-5-6-10-12(11)17-13(16-10)14(15)8-3-2-4-9-14/h5-7H,2-4,8-9,15H2,1H3,(H,16,17). The Morgan fingerprint density at radius 1 is 1.25 bits per heavy atom. The van der Waals surface area contributed by atoms with Crippen LogP contribution in [-0.4, -0.2) is 24.6 Å². The summed E-state index contributed by atoms with van der Waals surface area (Å²) in [5, 5.41) is 0. The van der Waals surface area contributed by atoms with Crippen molar-refractivity contribution in [3.05, 3.63) is 24.0 Å². The number of imidazole rings is 1. The number of aromatic amines is 1. The number of para-hydroxylation sites is 1. The summed E-state index contributed by atoms with van der Waals surface area (Å²) in [4.78, 5) is 7.99. The van der Waals surface area contributed by atoms with Gasteiger partial charge in [-0.15, -0.1) is 0 Å². The molecule has 0 aliphatic heterocycles. The Balaban J connectivity index is 2.16. The van der Waals surface area contributed by atoms with Gasteiger partial charge in [0, 0.05) is 6.26 Å². The lowest BCUT2D eigenvalue weighted by Crippen LogP contribution is -2.39. The summed E-state index contributed by atoms with van der Waals surface area (Å²) in [6.07, 6.45) is 6.36. The third-order valence-corrected chi connectivity index (χ3v) is 5.22. The number of H-pyrrole nitrogens is 1. The van der Waals surface area contributed by atoms with Gasteiger partial charge in [0.05, 0.1) is 16.0 Å². The van der Waals surface area contributed by atoms with E-state index in [1.165, 1.54) is 12.7 Å². The minimum atomic E-state index is -3.29. The summed E-state index contributed by atoms with van der Waals surface area (Å²) < 4.78 is 23.7. The second-order valence-electron chi connectivity index (χ2n) is 5.73. The summed E-state index contributed by atoms with van der Waals surface area (Å²) >= 11 is 0. The first-order valence-electron chi connectivity index (χ1n) is 6.88. The van der Waals surface area contributed by atoms with Gasteiger partial charge >= 0.3 is 0 Å². The van der Waals surface area contributed by atoms with Crippen LogP contribution in [0.25, 0.3) is 11.0 Å². The van der Waals surface area contributed by atoms with E-state index in [0.717, 1.165) is 31.2 Å². The molecule has 0 radical (unpaired) electrons. The van der Waals surface area contributed by atoms with Gasteiger partial charge in [-0.25, -0.2) is 13.4 Å². The highest BCUT2D eigenvalue weighted by atomic mass is 32.2. The van der Waals surface area contributed by atoms with E-state index in [0.29, 0.717) is 11.3 Å². The Labute approximate surface area is 118 Å². The number of rotatable bonds is 2. The van der Waals surface area contributed by atoms with Gasteiger partial charge in [-0.2, -0.15) is 0 Å². The van der Waals surface area contributed by atoms with E-state index in [4.69, 9.17) is 5.73 Å². The zero-order chi connectivity index (χ0) is 14.4. The molecule has 5 nitrogen and oxygen atoms in total. The highest BCUT2D eigenvalue weighted by molar-refractivity contribution is 7.91. The predicted molar refractivity (Wildman–Crippen MR) is 78.2 cm³/mol. The van der Waals surface area contributed by atoms with Crippen molar-refractivity contribution in [1.29, 1.82) is 0 Å². The Morgan fingerprint density at radius 2 is 1.95 bits per heavy atom. The largest absolute Gasteiger partial charge is 0.340 e. The molecule has 6 heteroatoms. The molecule has 1 fully saturated rings. The van der Waals surface area contributed by atoms with Gasteiger partial charge in [0.1, 0.15) is 11.3 Å². The molecule has 1 saturated carbocycles. The third-order valence-electron chi connectivity index (χ3n) is 4.09. The molecule has 0 amide bonds. The maximum atomic E-state index is 11.8. The van der Waals surface area contributed by atoms with Crippen molar-refractivity contribution in [3.8, 4) is 0 Å². The van der Waals surface area contributed by atoms with Gasteiger partial charge in [-0.05, 0) is 25.0 Å². The monoisotopic (exact) mass is 293 g/mol. The SMILES string of the molecule is CS(=O)(=O)c1cccc2[nH]c(C3(N)CCCCC3)nc12. The topological polar surface area (TPSA) is 88.8 Å². The zero-order valence-corrected chi connectivity index (χ0v) is 12.3. The quantitative estimate of drug-likeness (QED) is 0.887. The van der Waals surface area contributed by atoms with E-state index < -0.39 is 15.4 Å². The molecule has 1 aromatic heterocycles. The van der Waals surface area contributed by atoms with E-state index in [1.54, 1.807) is 12.1 Å². The Hall–Kier alpha value is -1.40. The van der Waals surface area contributed by atoms with E-state index in [-0.39, 0.29) is 4.90 Å². The molecule has 0 saturated heterocycles. The van der Waals surface area contributed by atoms with Crippen molar-refractivity contribution in [2.75, 3.05) is 6.26 Å². The van der Waals surface area contributed by atoms with Crippen LogP contribution in [0.1, 0.15) is 37.9 Å². The summed E-state index contributed by atoms with van der Waals surface area (Å²) in [6.45, 7) is 0. The molecule has 1 aliphatic carbocycles.